The van der Waals surface area contributed by atoms with Gasteiger partial charge in [0.25, 0.3) is 0 Å². The predicted molar refractivity (Wildman–Crippen MR) is 62.3 cm³/mol. The molecule has 0 radical (unpaired) electrons. The molecule has 0 saturated carbocycles. The van der Waals surface area contributed by atoms with E-state index in [1.165, 1.54) is 0 Å². The van der Waals surface area contributed by atoms with E-state index in [0.29, 0.717) is 37.0 Å². The maximum absolute atomic E-state index is 10.9. The second kappa shape index (κ2) is 6.93. The third-order valence-corrected chi connectivity index (χ3v) is 3.19. The second-order valence-corrected chi connectivity index (χ2v) is 6.10. The molecule has 17 heavy (non-hydrogen) atoms. The zero-order valence-corrected chi connectivity index (χ0v) is 11.5. The number of quaternary nitrogens is 1. The molecule has 0 saturated heterocycles. The quantitative estimate of drug-likeness (QED) is 0.350. The highest BCUT2D eigenvalue weighted by atomic mass is 32.2. The van der Waals surface area contributed by atoms with Gasteiger partial charge in [-0.25, -0.2) is 8.42 Å². The largest absolute Gasteiger partial charge is 0.748 e. The number of hydrogen-bond acceptors (Lipinski definition) is 5. The first-order chi connectivity index (χ1) is 7.66. The third-order valence-electron chi connectivity index (χ3n) is 2.41. The number of likely N-dealkylation sites (N-methyl/N-ethyl adjacent to an activating group) is 1. The highest BCUT2D eigenvalue weighted by Crippen LogP contribution is 2.01. The summed E-state index contributed by atoms with van der Waals surface area (Å²) in [7, 11) is -0.330. The minimum Gasteiger partial charge on any atom is -0.748 e. The van der Waals surface area contributed by atoms with E-state index >= 15 is 0 Å². The molecule has 7 heteroatoms. The second-order valence-electron chi connectivity index (χ2n) is 4.57. The van der Waals surface area contributed by atoms with Crippen LogP contribution in [-0.2, 0) is 19.6 Å². The van der Waals surface area contributed by atoms with Crippen LogP contribution < -0.4 is 0 Å². The Balaban J connectivity index is 3.84. The van der Waals surface area contributed by atoms with Crippen LogP contribution in [0.4, 0.5) is 0 Å². The van der Waals surface area contributed by atoms with Gasteiger partial charge in [0.1, 0.15) is 13.2 Å². The summed E-state index contributed by atoms with van der Waals surface area (Å²) in [6.07, 6.45) is 0.669. The Morgan fingerprint density at radius 3 is 2.35 bits per heavy atom. The van der Waals surface area contributed by atoms with Crippen LogP contribution in [0.15, 0.2) is 0 Å². The number of rotatable bonds is 8. The molecule has 0 N–H and O–H groups in total. The van der Waals surface area contributed by atoms with Gasteiger partial charge in [-0.2, -0.15) is 0 Å². The van der Waals surface area contributed by atoms with Gasteiger partial charge >= 0.3 is 5.97 Å². The van der Waals surface area contributed by atoms with Crippen molar-refractivity contribution in [3.8, 4) is 0 Å². The standard InChI is InChI=1S/C10H21NO5S/c1-4-10(12)16-8-7-11(2,3)6-5-9-17(13,14)15/h4-9H2,1-3H3. The van der Waals surface area contributed by atoms with Crippen LogP contribution in [0.2, 0.25) is 0 Å². The summed E-state index contributed by atoms with van der Waals surface area (Å²) >= 11 is 0. The van der Waals surface area contributed by atoms with E-state index in [4.69, 9.17) is 4.74 Å². The van der Waals surface area contributed by atoms with Crippen LogP contribution in [0.3, 0.4) is 0 Å². The van der Waals surface area contributed by atoms with Crippen LogP contribution >= 0.6 is 0 Å². The third kappa shape index (κ3) is 10.2. The number of ether oxygens (including phenoxy) is 1. The Kier molecular flexibility index (Phi) is 6.66. The molecule has 0 rings (SSSR count). The first kappa shape index (κ1) is 16.3. The molecule has 6 nitrogen and oxygen atoms in total. The normalized spacial score (nSPS) is 12.5. The molecule has 0 aliphatic heterocycles. The average molecular weight is 267 g/mol. The van der Waals surface area contributed by atoms with Crippen molar-refractivity contribution < 1.29 is 27.0 Å². The van der Waals surface area contributed by atoms with E-state index in [1.807, 2.05) is 14.1 Å². The molecule has 0 unspecified atom stereocenters. The van der Waals surface area contributed by atoms with E-state index in [2.05, 4.69) is 0 Å². The van der Waals surface area contributed by atoms with Gasteiger partial charge in [-0.15, -0.1) is 0 Å². The Bertz CT molecular complexity index is 337. The van der Waals surface area contributed by atoms with Gasteiger partial charge in [0.05, 0.1) is 30.8 Å². The van der Waals surface area contributed by atoms with Crippen molar-refractivity contribution in [1.82, 2.24) is 0 Å². The first-order valence-electron chi connectivity index (χ1n) is 5.57. The van der Waals surface area contributed by atoms with Crippen LogP contribution in [0.1, 0.15) is 19.8 Å². The molecule has 0 fully saturated rings. The topological polar surface area (TPSA) is 83.5 Å². The Morgan fingerprint density at radius 2 is 1.88 bits per heavy atom. The number of carbonyl (C=O) groups excluding carboxylic acids is 1. The van der Waals surface area contributed by atoms with Crippen molar-refractivity contribution >= 4 is 16.1 Å². The lowest BCUT2D eigenvalue weighted by Crippen LogP contribution is -2.43. The summed E-state index contributed by atoms with van der Waals surface area (Å²) in [5, 5.41) is 0. The molecule has 0 bridgehead atoms. The number of hydrogen-bond donors (Lipinski definition) is 0. The molecule has 0 aromatic rings. The monoisotopic (exact) mass is 267 g/mol. The fourth-order valence-corrected chi connectivity index (χ4v) is 1.77. The smallest absolute Gasteiger partial charge is 0.305 e. The highest BCUT2D eigenvalue weighted by Gasteiger charge is 2.15. The van der Waals surface area contributed by atoms with Crippen molar-refractivity contribution in [2.75, 3.05) is 39.5 Å². The van der Waals surface area contributed by atoms with Gasteiger partial charge in [-0.1, -0.05) is 6.92 Å². The summed E-state index contributed by atoms with van der Waals surface area (Å²) in [5.74, 6) is -0.587. The van der Waals surface area contributed by atoms with Crippen molar-refractivity contribution in [1.29, 1.82) is 0 Å². The van der Waals surface area contributed by atoms with Gasteiger partial charge in [0, 0.05) is 18.6 Å². The van der Waals surface area contributed by atoms with Crippen LogP contribution in [0.25, 0.3) is 0 Å². The van der Waals surface area contributed by atoms with Gasteiger partial charge in [-0.05, 0) is 0 Å². The summed E-state index contributed by atoms with van der Waals surface area (Å²) < 4.78 is 36.7. The lowest BCUT2D eigenvalue weighted by Gasteiger charge is -2.29. The molecule has 0 aromatic heterocycles. The number of nitrogens with zero attached hydrogens (tertiary/aromatic N) is 1. The van der Waals surface area contributed by atoms with Gasteiger partial charge < -0.3 is 13.8 Å². The summed E-state index contributed by atoms with van der Waals surface area (Å²) in [6.45, 7) is 3.20. The molecule has 0 aliphatic rings. The van der Waals surface area contributed by atoms with E-state index in [0.717, 1.165) is 0 Å². The van der Waals surface area contributed by atoms with Crippen molar-refractivity contribution in [3.05, 3.63) is 0 Å². The van der Waals surface area contributed by atoms with Gasteiger partial charge in [0.15, 0.2) is 0 Å². The predicted octanol–water partition coefficient (Wildman–Crippen LogP) is -0.0487. The van der Waals surface area contributed by atoms with E-state index in [-0.39, 0.29) is 11.7 Å². The molecule has 102 valence electrons. The summed E-state index contributed by atoms with van der Waals surface area (Å²) in [6, 6.07) is 0. The maximum Gasteiger partial charge on any atom is 0.305 e. The minimum atomic E-state index is -4.13. The van der Waals surface area contributed by atoms with Gasteiger partial charge in [-0.3, -0.25) is 4.79 Å². The van der Waals surface area contributed by atoms with E-state index in [9.17, 15) is 17.8 Å². The van der Waals surface area contributed by atoms with Crippen LogP contribution in [0, 0.1) is 0 Å². The average Bonchev–Trinajstić information content (AvgIpc) is 2.14. The molecule has 0 atom stereocenters. The molecule has 0 aromatic carbocycles. The number of carbonyl (C=O) groups is 1. The van der Waals surface area contributed by atoms with Crippen LogP contribution in [-0.4, -0.2) is 63.0 Å². The summed E-state index contributed by atoms with van der Waals surface area (Å²) in [4.78, 5) is 10.9. The Hall–Kier alpha value is -0.660. The lowest BCUT2D eigenvalue weighted by molar-refractivity contribution is -0.890. The molecule has 0 aliphatic carbocycles. The van der Waals surface area contributed by atoms with E-state index < -0.39 is 10.1 Å². The number of esters is 1. The molecule has 0 amide bonds. The first-order valence-corrected chi connectivity index (χ1v) is 7.15. The Morgan fingerprint density at radius 1 is 1.29 bits per heavy atom. The van der Waals surface area contributed by atoms with Crippen molar-refractivity contribution in [2.45, 2.75) is 19.8 Å². The Labute approximate surface area is 103 Å². The zero-order chi connectivity index (χ0) is 13.5. The van der Waals surface area contributed by atoms with E-state index in [1.54, 1.807) is 6.92 Å². The maximum atomic E-state index is 10.9. The molecular weight excluding hydrogens is 246 g/mol. The molecular formula is C10H21NO5S. The lowest BCUT2D eigenvalue weighted by atomic mass is 10.3. The van der Waals surface area contributed by atoms with Gasteiger partial charge in [0.2, 0.25) is 0 Å². The summed E-state index contributed by atoms with van der Waals surface area (Å²) in [5.41, 5.74) is 0. The fraction of sp³-hybridized carbons (Fsp3) is 0.900. The van der Waals surface area contributed by atoms with Crippen LogP contribution in [0.5, 0.6) is 0 Å². The SMILES string of the molecule is CCC(=O)OCC[N+](C)(C)CCCS(=O)(=O)[O-]. The molecule has 0 spiro atoms. The molecule has 0 heterocycles. The zero-order valence-electron chi connectivity index (χ0n) is 10.6. The highest BCUT2D eigenvalue weighted by molar-refractivity contribution is 7.85. The van der Waals surface area contributed by atoms with Crippen molar-refractivity contribution in [3.63, 3.8) is 0 Å². The fourth-order valence-electron chi connectivity index (χ4n) is 1.29. The minimum absolute atomic E-state index is 0.243. The van der Waals surface area contributed by atoms with Crippen molar-refractivity contribution in [2.24, 2.45) is 0 Å².